The van der Waals surface area contributed by atoms with Gasteiger partial charge in [-0.15, -0.1) is 0 Å². The Morgan fingerprint density at radius 3 is 1.86 bits per heavy atom. The molecule has 2 fully saturated rings. The van der Waals surface area contributed by atoms with Crippen molar-refractivity contribution in [2.45, 2.75) is 37.6 Å². The lowest BCUT2D eigenvalue weighted by atomic mass is 9.84. The summed E-state index contributed by atoms with van der Waals surface area (Å²) in [4.78, 5) is 11.2. The molecule has 80 valence electrons. The summed E-state index contributed by atoms with van der Waals surface area (Å²) >= 11 is 0. The number of fused-ring (bicyclic) bond motifs is 2. The summed E-state index contributed by atoms with van der Waals surface area (Å²) in [5, 5.41) is 9.26. The van der Waals surface area contributed by atoms with Gasteiger partial charge in [0.2, 0.25) is 0 Å². The molecule has 0 aliphatic heterocycles. The third-order valence-electron chi connectivity index (χ3n) is 4.68. The molecule has 2 rings (SSSR count). The molecule has 3 heteroatoms. The van der Waals surface area contributed by atoms with Crippen LogP contribution in [0, 0.1) is 5.41 Å². The van der Waals surface area contributed by atoms with E-state index in [1.165, 1.54) is 0 Å². The summed E-state index contributed by atoms with van der Waals surface area (Å²) < 4.78 is 0.919. The minimum Gasteiger partial charge on any atom is -0.481 e. The topological polar surface area (TPSA) is 37.3 Å². The maximum absolute atomic E-state index is 11.2. The number of rotatable bonds is 2. The molecule has 2 aliphatic carbocycles. The lowest BCUT2D eigenvalue weighted by Crippen LogP contribution is -2.54. The Labute approximate surface area is 85.3 Å². The van der Waals surface area contributed by atoms with Crippen molar-refractivity contribution in [3.8, 4) is 0 Å². The van der Waals surface area contributed by atoms with Crippen LogP contribution in [0.2, 0.25) is 0 Å². The fourth-order valence-corrected chi connectivity index (χ4v) is 3.37. The Bertz CT molecular complexity index is 270. The lowest BCUT2D eigenvalue weighted by Gasteiger charge is -2.42. The second kappa shape index (κ2) is 2.51. The maximum atomic E-state index is 11.2. The van der Waals surface area contributed by atoms with Crippen molar-refractivity contribution in [3.63, 3.8) is 0 Å². The van der Waals surface area contributed by atoms with Crippen LogP contribution in [0.25, 0.3) is 0 Å². The van der Waals surface area contributed by atoms with Gasteiger partial charge in [0.05, 0.1) is 32.1 Å². The van der Waals surface area contributed by atoms with E-state index in [-0.39, 0.29) is 11.0 Å². The standard InChI is InChI=1S/C11H19NO2/c1-12(2,3)11-6-4-10(8-11,5-7-11)9(13)14/h4-8H2,1-3H3/p+1. The van der Waals surface area contributed by atoms with Crippen LogP contribution >= 0.6 is 0 Å². The number of nitrogens with zero attached hydrogens (tertiary/aromatic N) is 1. The van der Waals surface area contributed by atoms with Crippen LogP contribution in [0.4, 0.5) is 0 Å². The number of quaternary nitrogens is 1. The molecule has 3 nitrogen and oxygen atoms in total. The van der Waals surface area contributed by atoms with E-state index in [2.05, 4.69) is 21.1 Å². The molecule has 0 unspecified atom stereocenters. The number of carboxylic acids is 1. The SMILES string of the molecule is C[N+](C)(C)C12CCC(C(=O)O)(CC1)C2. The average Bonchev–Trinajstić information content (AvgIpc) is 2.59. The third-order valence-corrected chi connectivity index (χ3v) is 4.68. The predicted molar refractivity (Wildman–Crippen MR) is 53.9 cm³/mol. The molecule has 2 saturated carbocycles. The lowest BCUT2D eigenvalue weighted by molar-refractivity contribution is -0.922. The zero-order valence-electron chi connectivity index (χ0n) is 9.34. The molecular formula is C11H20NO2+. The monoisotopic (exact) mass is 198 g/mol. The first-order chi connectivity index (χ1) is 6.31. The Morgan fingerprint density at radius 1 is 1.14 bits per heavy atom. The minimum absolute atomic E-state index is 0.248. The summed E-state index contributed by atoms with van der Waals surface area (Å²) in [5.74, 6) is -0.565. The van der Waals surface area contributed by atoms with Gasteiger partial charge in [-0.2, -0.15) is 0 Å². The predicted octanol–water partition coefficient (Wildman–Crippen LogP) is 1.48. The molecule has 14 heavy (non-hydrogen) atoms. The summed E-state index contributed by atoms with van der Waals surface area (Å²) in [6.07, 6.45) is 4.83. The minimum atomic E-state index is -0.565. The number of aliphatic carboxylic acids is 1. The van der Waals surface area contributed by atoms with Crippen LogP contribution in [0.15, 0.2) is 0 Å². The molecule has 0 heterocycles. The zero-order chi connectivity index (χ0) is 10.6. The highest BCUT2D eigenvalue weighted by atomic mass is 16.4. The van der Waals surface area contributed by atoms with E-state index in [4.69, 9.17) is 0 Å². The third kappa shape index (κ3) is 1.05. The largest absolute Gasteiger partial charge is 0.481 e. The van der Waals surface area contributed by atoms with Gasteiger partial charge in [-0.1, -0.05) is 0 Å². The van der Waals surface area contributed by atoms with E-state index in [0.717, 1.165) is 36.6 Å². The van der Waals surface area contributed by atoms with Gasteiger partial charge < -0.3 is 9.59 Å². The summed E-state index contributed by atoms with van der Waals surface area (Å²) in [5.41, 5.74) is -0.121. The molecule has 0 atom stereocenters. The van der Waals surface area contributed by atoms with Gasteiger partial charge in [0.25, 0.3) is 0 Å². The van der Waals surface area contributed by atoms with Crippen molar-refractivity contribution in [2.24, 2.45) is 5.41 Å². The fraction of sp³-hybridized carbons (Fsp3) is 0.909. The molecule has 0 spiro atoms. The molecule has 0 amide bonds. The van der Waals surface area contributed by atoms with Gasteiger partial charge in [-0.05, 0) is 12.8 Å². The second-order valence-electron chi connectivity index (χ2n) is 6.00. The van der Waals surface area contributed by atoms with Crippen molar-refractivity contribution in [3.05, 3.63) is 0 Å². The fourth-order valence-electron chi connectivity index (χ4n) is 3.37. The summed E-state index contributed by atoms with van der Waals surface area (Å²) in [7, 11) is 6.59. The molecule has 0 aromatic rings. The smallest absolute Gasteiger partial charge is 0.309 e. The molecule has 0 saturated heterocycles. The highest BCUT2D eigenvalue weighted by Crippen LogP contribution is 2.59. The van der Waals surface area contributed by atoms with E-state index in [9.17, 15) is 9.90 Å². The number of hydrogen-bond acceptors (Lipinski definition) is 1. The van der Waals surface area contributed by atoms with Crippen LogP contribution in [0.3, 0.4) is 0 Å². The van der Waals surface area contributed by atoms with Crippen molar-refractivity contribution in [1.29, 1.82) is 0 Å². The van der Waals surface area contributed by atoms with E-state index >= 15 is 0 Å². The van der Waals surface area contributed by atoms with Gasteiger partial charge >= 0.3 is 5.97 Å². The average molecular weight is 198 g/mol. The molecule has 0 aromatic heterocycles. The van der Waals surface area contributed by atoms with Crippen LogP contribution in [0.5, 0.6) is 0 Å². The first kappa shape index (κ1) is 9.97. The first-order valence-electron chi connectivity index (χ1n) is 5.36. The second-order valence-corrected chi connectivity index (χ2v) is 6.00. The molecule has 2 aliphatic rings. The Hall–Kier alpha value is -0.570. The maximum Gasteiger partial charge on any atom is 0.309 e. The number of carboxylic acid groups (broad SMARTS) is 1. The van der Waals surface area contributed by atoms with E-state index in [0.29, 0.717) is 0 Å². The molecule has 1 N–H and O–H groups in total. The highest BCUT2D eigenvalue weighted by Gasteiger charge is 2.63. The molecule has 0 aromatic carbocycles. The Balaban J connectivity index is 2.29. The molecular weight excluding hydrogens is 178 g/mol. The molecule has 0 radical (unpaired) electrons. The van der Waals surface area contributed by atoms with Crippen LogP contribution in [0.1, 0.15) is 32.1 Å². The van der Waals surface area contributed by atoms with Gasteiger partial charge in [0, 0.05) is 19.3 Å². The van der Waals surface area contributed by atoms with Gasteiger partial charge in [0.15, 0.2) is 0 Å². The van der Waals surface area contributed by atoms with Gasteiger partial charge in [-0.3, -0.25) is 4.79 Å². The van der Waals surface area contributed by atoms with E-state index < -0.39 is 5.97 Å². The quantitative estimate of drug-likeness (QED) is 0.682. The number of carbonyl (C=O) groups is 1. The zero-order valence-corrected chi connectivity index (χ0v) is 9.34. The van der Waals surface area contributed by atoms with Crippen molar-refractivity contribution in [1.82, 2.24) is 0 Å². The van der Waals surface area contributed by atoms with Crippen molar-refractivity contribution in [2.75, 3.05) is 21.1 Å². The summed E-state index contributed by atoms with van der Waals surface area (Å²) in [6.45, 7) is 0. The van der Waals surface area contributed by atoms with Crippen LogP contribution in [-0.2, 0) is 4.79 Å². The number of hydrogen-bond donors (Lipinski definition) is 1. The van der Waals surface area contributed by atoms with E-state index in [1.54, 1.807) is 0 Å². The molecule has 2 bridgehead atoms. The van der Waals surface area contributed by atoms with Gasteiger partial charge in [-0.25, -0.2) is 0 Å². The Morgan fingerprint density at radius 2 is 1.64 bits per heavy atom. The summed E-state index contributed by atoms with van der Waals surface area (Å²) in [6, 6.07) is 0. The van der Waals surface area contributed by atoms with Crippen molar-refractivity contribution < 1.29 is 14.4 Å². The highest BCUT2D eigenvalue weighted by molar-refractivity contribution is 5.76. The van der Waals surface area contributed by atoms with Gasteiger partial charge in [0.1, 0.15) is 0 Å². The van der Waals surface area contributed by atoms with Crippen LogP contribution in [-0.4, -0.2) is 42.2 Å². The van der Waals surface area contributed by atoms with Crippen LogP contribution < -0.4 is 0 Å². The normalized spacial score (nSPS) is 41.6. The Kier molecular flexibility index (Phi) is 1.79. The first-order valence-corrected chi connectivity index (χ1v) is 5.36. The van der Waals surface area contributed by atoms with Crippen molar-refractivity contribution >= 4 is 5.97 Å². The van der Waals surface area contributed by atoms with E-state index in [1.807, 2.05) is 0 Å².